The minimum absolute atomic E-state index is 0.462. The standard InChI is InChI=1S/C15H13ClF2N2S2/c16-11-3-1-10(2-4-11)9-19-15(21)20-12-5-7-13(8-6-12)22-14(17)18/h1-8,14H,9H2,(H2,19,20,21). The van der Waals surface area contributed by atoms with E-state index in [9.17, 15) is 8.78 Å². The van der Waals surface area contributed by atoms with Crippen molar-refractivity contribution in [3.8, 4) is 0 Å². The van der Waals surface area contributed by atoms with Gasteiger partial charge in [0.1, 0.15) is 0 Å². The average molecular weight is 359 g/mol. The summed E-state index contributed by atoms with van der Waals surface area (Å²) in [6, 6.07) is 14.1. The van der Waals surface area contributed by atoms with Crippen molar-refractivity contribution in [2.24, 2.45) is 0 Å². The first kappa shape index (κ1) is 17.0. The summed E-state index contributed by atoms with van der Waals surface area (Å²) in [5.41, 5.74) is 1.80. The van der Waals surface area contributed by atoms with Crippen LogP contribution in [-0.2, 0) is 6.54 Å². The maximum atomic E-state index is 12.2. The van der Waals surface area contributed by atoms with Gasteiger partial charge >= 0.3 is 0 Å². The van der Waals surface area contributed by atoms with E-state index < -0.39 is 5.76 Å². The highest BCUT2D eigenvalue weighted by Crippen LogP contribution is 2.26. The molecule has 0 spiro atoms. The van der Waals surface area contributed by atoms with Crippen molar-refractivity contribution in [1.29, 1.82) is 0 Å². The van der Waals surface area contributed by atoms with Gasteiger partial charge in [-0.2, -0.15) is 8.78 Å². The molecule has 0 radical (unpaired) electrons. The van der Waals surface area contributed by atoms with Crippen LogP contribution < -0.4 is 10.6 Å². The van der Waals surface area contributed by atoms with Gasteiger partial charge in [-0.25, -0.2) is 0 Å². The van der Waals surface area contributed by atoms with Crippen molar-refractivity contribution in [3.63, 3.8) is 0 Å². The second kappa shape index (κ2) is 8.31. The molecule has 2 aromatic rings. The molecule has 0 bridgehead atoms. The number of benzene rings is 2. The molecule has 0 saturated carbocycles. The van der Waals surface area contributed by atoms with Crippen LogP contribution >= 0.6 is 35.6 Å². The number of halogens is 3. The fraction of sp³-hybridized carbons (Fsp3) is 0.133. The molecular formula is C15H13ClF2N2S2. The van der Waals surface area contributed by atoms with Gasteiger partial charge < -0.3 is 10.6 Å². The SMILES string of the molecule is FC(F)Sc1ccc(NC(=S)NCc2ccc(Cl)cc2)cc1. The molecule has 22 heavy (non-hydrogen) atoms. The molecule has 0 atom stereocenters. The third kappa shape index (κ3) is 5.79. The molecule has 2 nitrogen and oxygen atoms in total. The molecule has 2 N–H and O–H groups in total. The number of alkyl halides is 2. The minimum atomic E-state index is -2.42. The van der Waals surface area contributed by atoms with E-state index in [2.05, 4.69) is 10.6 Å². The maximum absolute atomic E-state index is 12.2. The van der Waals surface area contributed by atoms with Crippen LogP contribution in [0.1, 0.15) is 5.56 Å². The average Bonchev–Trinajstić information content (AvgIpc) is 2.48. The molecule has 0 aliphatic rings. The summed E-state index contributed by atoms with van der Waals surface area (Å²) in [4.78, 5) is 0.514. The Balaban J connectivity index is 1.82. The largest absolute Gasteiger partial charge is 0.358 e. The summed E-state index contributed by atoms with van der Waals surface area (Å²) in [5, 5.41) is 7.22. The van der Waals surface area contributed by atoms with Crippen LogP contribution in [0.3, 0.4) is 0 Å². The van der Waals surface area contributed by atoms with Gasteiger partial charge in [0.05, 0.1) is 0 Å². The van der Waals surface area contributed by atoms with Gasteiger partial charge in [-0.05, 0) is 54.2 Å². The molecule has 0 heterocycles. The van der Waals surface area contributed by atoms with E-state index in [0.29, 0.717) is 33.3 Å². The molecule has 7 heteroatoms. The van der Waals surface area contributed by atoms with Crippen LogP contribution in [0.5, 0.6) is 0 Å². The molecule has 2 aromatic carbocycles. The van der Waals surface area contributed by atoms with Gasteiger partial charge in [0, 0.05) is 22.2 Å². The first-order valence-corrected chi connectivity index (χ1v) is 8.04. The highest BCUT2D eigenvalue weighted by atomic mass is 35.5. The third-order valence-corrected chi connectivity index (χ3v) is 3.92. The molecule has 0 aliphatic heterocycles. The van der Waals surface area contributed by atoms with E-state index in [1.165, 1.54) is 0 Å². The summed E-state index contributed by atoms with van der Waals surface area (Å²) < 4.78 is 24.5. The van der Waals surface area contributed by atoms with Crippen LogP contribution in [-0.4, -0.2) is 10.9 Å². The zero-order valence-electron chi connectivity index (χ0n) is 11.4. The Morgan fingerprint density at radius 3 is 2.32 bits per heavy atom. The van der Waals surface area contributed by atoms with Crippen molar-refractivity contribution >= 4 is 46.4 Å². The lowest BCUT2D eigenvalue weighted by Gasteiger charge is -2.11. The Hall–Kier alpha value is -1.37. The lowest BCUT2D eigenvalue weighted by atomic mass is 10.2. The first-order valence-electron chi connectivity index (χ1n) is 6.37. The second-order valence-corrected chi connectivity index (χ2v) is 6.25. The Labute approximate surface area is 142 Å². The maximum Gasteiger partial charge on any atom is 0.288 e. The second-order valence-electron chi connectivity index (χ2n) is 4.34. The third-order valence-electron chi connectivity index (χ3n) is 2.70. The molecule has 2 rings (SSSR count). The van der Waals surface area contributed by atoms with E-state index in [-0.39, 0.29) is 0 Å². The summed E-state index contributed by atoms with van der Waals surface area (Å²) in [6.07, 6.45) is 0. The van der Waals surface area contributed by atoms with E-state index >= 15 is 0 Å². The number of rotatable bonds is 5. The van der Waals surface area contributed by atoms with Gasteiger partial charge in [-0.3, -0.25) is 0 Å². The van der Waals surface area contributed by atoms with Crippen LogP contribution in [0, 0.1) is 0 Å². The number of thiocarbonyl (C=S) groups is 1. The van der Waals surface area contributed by atoms with Crippen molar-refractivity contribution in [3.05, 3.63) is 59.1 Å². The summed E-state index contributed by atoms with van der Waals surface area (Å²) in [7, 11) is 0. The molecule has 0 fully saturated rings. The highest BCUT2D eigenvalue weighted by molar-refractivity contribution is 7.99. The number of nitrogens with one attached hydrogen (secondary N) is 2. The Bertz CT molecular complexity index is 618. The van der Waals surface area contributed by atoms with Crippen LogP contribution in [0.25, 0.3) is 0 Å². The smallest absolute Gasteiger partial charge is 0.288 e. The Morgan fingerprint density at radius 1 is 1.09 bits per heavy atom. The fourth-order valence-corrected chi connectivity index (χ4v) is 2.49. The van der Waals surface area contributed by atoms with Gasteiger partial charge in [0.2, 0.25) is 0 Å². The number of hydrogen-bond acceptors (Lipinski definition) is 2. The zero-order chi connectivity index (χ0) is 15.9. The number of hydrogen-bond donors (Lipinski definition) is 2. The summed E-state index contributed by atoms with van der Waals surface area (Å²) in [5.74, 6) is -2.42. The minimum Gasteiger partial charge on any atom is -0.358 e. The molecule has 0 amide bonds. The predicted octanol–water partition coefficient (Wildman–Crippen LogP) is 5.14. The Kier molecular flexibility index (Phi) is 6.42. The lowest BCUT2D eigenvalue weighted by Crippen LogP contribution is -2.27. The van der Waals surface area contributed by atoms with Gasteiger partial charge in [0.15, 0.2) is 5.11 Å². The van der Waals surface area contributed by atoms with Crippen LogP contribution in [0.4, 0.5) is 14.5 Å². The fourth-order valence-electron chi connectivity index (χ4n) is 1.68. The molecule has 0 aromatic heterocycles. The van der Waals surface area contributed by atoms with Gasteiger partial charge in [-0.15, -0.1) is 0 Å². The normalized spacial score (nSPS) is 10.5. The first-order chi connectivity index (χ1) is 10.5. The van der Waals surface area contributed by atoms with Crippen molar-refractivity contribution in [2.75, 3.05) is 5.32 Å². The van der Waals surface area contributed by atoms with Crippen molar-refractivity contribution in [2.45, 2.75) is 17.2 Å². The van der Waals surface area contributed by atoms with Crippen molar-refractivity contribution < 1.29 is 8.78 Å². The summed E-state index contributed by atoms with van der Waals surface area (Å²) in [6.45, 7) is 0.572. The Morgan fingerprint density at radius 2 is 1.73 bits per heavy atom. The van der Waals surface area contributed by atoms with Crippen LogP contribution in [0.2, 0.25) is 5.02 Å². The lowest BCUT2D eigenvalue weighted by molar-refractivity contribution is 0.252. The van der Waals surface area contributed by atoms with Gasteiger partial charge in [-0.1, -0.05) is 35.5 Å². The monoisotopic (exact) mass is 358 g/mol. The quantitative estimate of drug-likeness (QED) is 0.570. The molecule has 116 valence electrons. The summed E-state index contributed by atoms with van der Waals surface area (Å²) >= 11 is 11.5. The van der Waals surface area contributed by atoms with E-state index in [1.807, 2.05) is 24.3 Å². The number of anilines is 1. The van der Waals surface area contributed by atoms with E-state index in [4.69, 9.17) is 23.8 Å². The van der Waals surface area contributed by atoms with E-state index in [1.54, 1.807) is 24.3 Å². The highest BCUT2D eigenvalue weighted by Gasteiger charge is 2.05. The number of thioether (sulfide) groups is 1. The van der Waals surface area contributed by atoms with Crippen LogP contribution in [0.15, 0.2) is 53.4 Å². The zero-order valence-corrected chi connectivity index (χ0v) is 13.7. The molecule has 0 unspecified atom stereocenters. The molecule has 0 saturated heterocycles. The van der Waals surface area contributed by atoms with Crippen molar-refractivity contribution in [1.82, 2.24) is 5.32 Å². The van der Waals surface area contributed by atoms with Gasteiger partial charge in [0.25, 0.3) is 5.76 Å². The van der Waals surface area contributed by atoms with E-state index in [0.717, 1.165) is 11.3 Å². The molecule has 0 aliphatic carbocycles. The molecular weight excluding hydrogens is 346 g/mol. The predicted molar refractivity (Wildman–Crippen MR) is 92.8 cm³/mol. The topological polar surface area (TPSA) is 24.1 Å².